The van der Waals surface area contributed by atoms with Crippen molar-refractivity contribution in [2.75, 3.05) is 13.7 Å². The van der Waals surface area contributed by atoms with Crippen molar-refractivity contribution in [1.29, 1.82) is 0 Å². The first kappa shape index (κ1) is 21.7. The second-order valence-corrected chi connectivity index (χ2v) is 8.56. The number of ketones is 1. The Bertz CT molecular complexity index is 1080. The van der Waals surface area contributed by atoms with Crippen LogP contribution in [-0.2, 0) is 9.59 Å². The molecule has 0 saturated heterocycles. The highest BCUT2D eigenvalue weighted by Crippen LogP contribution is 2.44. The van der Waals surface area contributed by atoms with Gasteiger partial charge in [-0.2, -0.15) is 0 Å². The van der Waals surface area contributed by atoms with Gasteiger partial charge in [-0.05, 0) is 54.7 Å². The maximum absolute atomic E-state index is 13.3. The molecule has 2 atom stereocenters. The fraction of sp³-hybridized carbons (Fsp3) is 0.333. The summed E-state index contributed by atoms with van der Waals surface area (Å²) < 4.78 is 11.1. The largest absolute Gasteiger partial charge is 0.493 e. The monoisotopic (exact) mass is 459 g/mol. The van der Waals surface area contributed by atoms with Crippen molar-refractivity contribution >= 4 is 34.9 Å². The van der Waals surface area contributed by atoms with E-state index < -0.39 is 0 Å². The summed E-state index contributed by atoms with van der Waals surface area (Å²) in [5.41, 5.74) is 3.18. The zero-order chi connectivity index (χ0) is 22.1. The van der Waals surface area contributed by atoms with Crippen LogP contribution in [0, 0.1) is 0 Å². The second-order valence-electron chi connectivity index (χ2n) is 7.74. The summed E-state index contributed by atoms with van der Waals surface area (Å²) in [5.74, 6) is 0.794. The number of allylic oxidation sites excluding steroid dienone is 2. The van der Waals surface area contributed by atoms with E-state index in [-0.39, 0.29) is 29.9 Å². The third-order valence-electron chi connectivity index (χ3n) is 5.84. The number of carbonyl (C=O) groups is 2. The molecule has 1 amide bonds. The van der Waals surface area contributed by atoms with Crippen LogP contribution in [0.15, 0.2) is 47.7 Å². The van der Waals surface area contributed by atoms with E-state index in [1.165, 1.54) is 0 Å². The maximum Gasteiger partial charge on any atom is 0.225 e. The number of carbonyl (C=O) groups excluding carboxylic acids is 2. The molecule has 7 heteroatoms. The highest BCUT2D eigenvalue weighted by Gasteiger charge is 2.38. The van der Waals surface area contributed by atoms with Gasteiger partial charge in [-0.3, -0.25) is 9.59 Å². The Morgan fingerprint density at radius 1 is 0.968 bits per heavy atom. The average Bonchev–Trinajstić information content (AvgIpc) is 2.75. The second kappa shape index (κ2) is 8.93. The molecular weight excluding hydrogens is 437 g/mol. The number of amides is 1. The molecule has 0 bridgehead atoms. The minimum atomic E-state index is -0.310. The number of nitrogens with one attached hydrogen (secondary N) is 1. The number of methoxy groups -OCH3 is 1. The molecule has 2 unspecified atom stereocenters. The van der Waals surface area contributed by atoms with Crippen molar-refractivity contribution in [3.63, 3.8) is 0 Å². The van der Waals surface area contributed by atoms with Crippen LogP contribution in [0.25, 0.3) is 0 Å². The van der Waals surface area contributed by atoms with Gasteiger partial charge in [0.05, 0.1) is 23.8 Å². The average molecular weight is 460 g/mol. The van der Waals surface area contributed by atoms with Gasteiger partial charge in [0, 0.05) is 30.0 Å². The fourth-order valence-corrected chi connectivity index (χ4v) is 4.73. The van der Waals surface area contributed by atoms with Gasteiger partial charge < -0.3 is 14.8 Å². The van der Waals surface area contributed by atoms with E-state index >= 15 is 0 Å². The van der Waals surface area contributed by atoms with E-state index in [4.69, 9.17) is 32.7 Å². The molecule has 5 nitrogen and oxygen atoms in total. The van der Waals surface area contributed by atoms with Gasteiger partial charge >= 0.3 is 0 Å². The molecule has 1 heterocycles. The Labute approximate surface area is 191 Å². The summed E-state index contributed by atoms with van der Waals surface area (Å²) in [7, 11) is 1.58. The lowest BCUT2D eigenvalue weighted by Gasteiger charge is -2.34. The van der Waals surface area contributed by atoms with E-state index in [9.17, 15) is 9.59 Å². The van der Waals surface area contributed by atoms with Crippen molar-refractivity contribution in [2.24, 2.45) is 0 Å². The first-order valence-electron chi connectivity index (χ1n) is 10.2. The van der Waals surface area contributed by atoms with Crippen molar-refractivity contribution in [2.45, 2.75) is 38.0 Å². The van der Waals surface area contributed by atoms with Crippen LogP contribution in [0.1, 0.15) is 49.1 Å². The summed E-state index contributed by atoms with van der Waals surface area (Å²) >= 11 is 12.2. The molecule has 0 aromatic heterocycles. The van der Waals surface area contributed by atoms with Crippen molar-refractivity contribution in [1.82, 2.24) is 5.32 Å². The number of ether oxygens (including phenoxy) is 2. The van der Waals surface area contributed by atoms with Gasteiger partial charge in [0.2, 0.25) is 5.91 Å². The summed E-state index contributed by atoms with van der Waals surface area (Å²) in [6, 6.07) is 11.0. The number of rotatable bonds is 5. The lowest BCUT2D eigenvalue weighted by atomic mass is 9.73. The normalized spacial score (nSPS) is 20.9. The Balaban J connectivity index is 1.70. The molecule has 162 valence electrons. The highest BCUT2D eigenvalue weighted by atomic mass is 35.5. The highest BCUT2D eigenvalue weighted by molar-refractivity contribution is 6.42. The molecule has 1 N–H and O–H groups in total. The minimum Gasteiger partial charge on any atom is -0.493 e. The quantitative estimate of drug-likeness (QED) is 0.649. The van der Waals surface area contributed by atoms with E-state index in [1.807, 2.05) is 31.2 Å². The fourth-order valence-electron chi connectivity index (χ4n) is 4.42. The standard InChI is InChI=1S/C24H23Cl2NO4/c1-3-31-21-7-5-14(11-22(21)30-2)16-12-23(29)27-19-9-15(10-20(28)24(16)19)13-4-6-17(25)18(26)8-13/h4-8,11,15-16H,3,9-10,12H2,1-2H3,(H,27,29). The Morgan fingerprint density at radius 2 is 1.74 bits per heavy atom. The maximum atomic E-state index is 13.3. The molecule has 0 radical (unpaired) electrons. The van der Waals surface area contributed by atoms with E-state index in [1.54, 1.807) is 19.2 Å². The van der Waals surface area contributed by atoms with Gasteiger partial charge in [0.15, 0.2) is 17.3 Å². The van der Waals surface area contributed by atoms with Gasteiger partial charge in [-0.25, -0.2) is 0 Å². The van der Waals surface area contributed by atoms with Crippen LogP contribution in [0.3, 0.4) is 0 Å². The molecule has 31 heavy (non-hydrogen) atoms. The van der Waals surface area contributed by atoms with E-state index in [0.29, 0.717) is 52.3 Å². The summed E-state index contributed by atoms with van der Waals surface area (Å²) in [5, 5.41) is 3.87. The predicted octanol–water partition coefficient (Wildman–Crippen LogP) is 5.41. The Hall–Kier alpha value is -2.50. The summed E-state index contributed by atoms with van der Waals surface area (Å²) in [6.45, 7) is 2.42. The summed E-state index contributed by atoms with van der Waals surface area (Å²) in [6.07, 6.45) is 1.14. The molecular formula is C24H23Cl2NO4. The number of benzene rings is 2. The van der Waals surface area contributed by atoms with E-state index in [2.05, 4.69) is 5.32 Å². The smallest absolute Gasteiger partial charge is 0.225 e. The minimum absolute atomic E-state index is 0.0372. The van der Waals surface area contributed by atoms with Crippen molar-refractivity contribution in [3.8, 4) is 11.5 Å². The lowest BCUT2D eigenvalue weighted by Crippen LogP contribution is -2.38. The Morgan fingerprint density at radius 3 is 2.45 bits per heavy atom. The lowest BCUT2D eigenvalue weighted by molar-refractivity contribution is -0.122. The number of hydrogen-bond donors (Lipinski definition) is 1. The van der Waals surface area contributed by atoms with E-state index in [0.717, 1.165) is 11.1 Å². The van der Waals surface area contributed by atoms with Gasteiger partial charge in [-0.15, -0.1) is 0 Å². The zero-order valence-electron chi connectivity index (χ0n) is 17.3. The van der Waals surface area contributed by atoms with Gasteiger partial charge in [0.1, 0.15) is 0 Å². The third-order valence-corrected chi connectivity index (χ3v) is 6.58. The van der Waals surface area contributed by atoms with Gasteiger partial charge in [-0.1, -0.05) is 35.3 Å². The molecule has 2 aromatic rings. The molecule has 0 fully saturated rings. The van der Waals surface area contributed by atoms with Crippen LogP contribution in [0.2, 0.25) is 10.0 Å². The first-order valence-corrected chi connectivity index (χ1v) is 11.0. The topological polar surface area (TPSA) is 64.6 Å². The molecule has 4 rings (SSSR count). The molecule has 0 spiro atoms. The number of halogens is 2. The van der Waals surface area contributed by atoms with Crippen LogP contribution >= 0.6 is 23.2 Å². The predicted molar refractivity (Wildman–Crippen MR) is 120 cm³/mol. The van der Waals surface area contributed by atoms with Crippen LogP contribution in [-0.4, -0.2) is 25.4 Å². The van der Waals surface area contributed by atoms with Crippen molar-refractivity contribution < 1.29 is 19.1 Å². The van der Waals surface area contributed by atoms with Crippen molar-refractivity contribution in [3.05, 3.63) is 68.8 Å². The molecule has 0 saturated carbocycles. The number of hydrogen-bond acceptors (Lipinski definition) is 4. The van der Waals surface area contributed by atoms with Crippen LogP contribution in [0.4, 0.5) is 0 Å². The SMILES string of the molecule is CCOc1ccc(C2CC(=O)NC3=C2C(=O)CC(c2ccc(Cl)c(Cl)c2)C3)cc1OC. The van der Waals surface area contributed by atoms with Gasteiger partial charge in [0.25, 0.3) is 0 Å². The Kier molecular flexibility index (Phi) is 6.26. The molecule has 1 aliphatic carbocycles. The first-order chi connectivity index (χ1) is 14.9. The molecule has 2 aromatic carbocycles. The molecule has 1 aliphatic heterocycles. The van der Waals surface area contributed by atoms with Crippen LogP contribution < -0.4 is 14.8 Å². The third kappa shape index (κ3) is 4.30. The molecule has 2 aliphatic rings. The zero-order valence-corrected chi connectivity index (χ0v) is 18.8. The number of Topliss-reactive ketones (excluding diaryl/α,β-unsaturated/α-hetero) is 1. The summed E-state index contributed by atoms with van der Waals surface area (Å²) in [4.78, 5) is 25.8. The van der Waals surface area contributed by atoms with Crippen LogP contribution in [0.5, 0.6) is 11.5 Å².